The normalized spacial score (nSPS) is 12.6. The lowest BCUT2D eigenvalue weighted by molar-refractivity contribution is 0.381. The fraction of sp³-hybridized carbons (Fsp3) is 0.122. The van der Waals surface area contributed by atoms with Crippen LogP contribution in [0.1, 0.15) is 52.7 Å². The van der Waals surface area contributed by atoms with E-state index in [1.807, 2.05) is 133 Å². The van der Waals surface area contributed by atoms with E-state index in [1.54, 1.807) is 56.1 Å². The molecular formula is C74H52F10N4O. The Hall–Kier alpha value is -10.2. The van der Waals surface area contributed by atoms with Crippen LogP contribution in [0.2, 0.25) is 0 Å². The topological polar surface area (TPSA) is 33.5 Å². The van der Waals surface area contributed by atoms with Crippen molar-refractivity contribution < 1.29 is 48.6 Å². The van der Waals surface area contributed by atoms with Gasteiger partial charge < -0.3 is 14.5 Å². The minimum absolute atomic E-state index is 0.0289. The Bertz CT molecular complexity index is 4630. The van der Waals surface area contributed by atoms with E-state index in [4.69, 9.17) is 9.72 Å². The molecule has 0 aliphatic carbocycles. The molecule has 0 spiro atoms. The minimum Gasteiger partial charge on any atom is -0.457 e. The molecule has 1 aliphatic rings. The van der Waals surface area contributed by atoms with E-state index >= 15 is 35.1 Å². The van der Waals surface area contributed by atoms with Gasteiger partial charge in [-0.2, -0.15) is 0 Å². The van der Waals surface area contributed by atoms with Crippen molar-refractivity contribution in [3.63, 3.8) is 0 Å². The maximum atomic E-state index is 16.6. The van der Waals surface area contributed by atoms with Gasteiger partial charge in [0.15, 0.2) is 46.5 Å². The molecule has 0 N–H and O–H groups in total. The molecular weight excluding hydrogens is 1150 g/mol. The Morgan fingerprint density at radius 3 is 1.37 bits per heavy atom. The van der Waals surface area contributed by atoms with Crippen LogP contribution in [0.25, 0.3) is 83.3 Å². The van der Waals surface area contributed by atoms with Crippen molar-refractivity contribution in [1.29, 1.82) is 0 Å². The third-order valence-electron chi connectivity index (χ3n) is 16.4. The molecule has 444 valence electrons. The molecule has 0 amide bonds. The van der Waals surface area contributed by atoms with Crippen LogP contribution in [0.15, 0.2) is 194 Å². The number of anilines is 4. The van der Waals surface area contributed by atoms with Gasteiger partial charge in [-0.1, -0.05) is 133 Å². The average molecular weight is 1200 g/mol. The average Bonchev–Trinajstić information content (AvgIpc) is 1.85. The molecule has 12 aromatic rings. The van der Waals surface area contributed by atoms with Crippen molar-refractivity contribution in [2.45, 2.75) is 52.4 Å². The first-order chi connectivity index (χ1) is 42.5. The van der Waals surface area contributed by atoms with Crippen LogP contribution in [-0.2, 0) is 10.8 Å². The van der Waals surface area contributed by atoms with Crippen molar-refractivity contribution in [3.05, 3.63) is 264 Å². The van der Waals surface area contributed by atoms with Crippen LogP contribution < -0.4 is 14.5 Å². The summed E-state index contributed by atoms with van der Waals surface area (Å²) >= 11 is 0. The third kappa shape index (κ3) is 10.1. The lowest BCUT2D eigenvalue weighted by Crippen LogP contribution is -2.26. The molecule has 0 unspecified atom stereocenters. The zero-order valence-electron chi connectivity index (χ0n) is 48.7. The predicted molar refractivity (Wildman–Crippen MR) is 331 cm³/mol. The van der Waals surface area contributed by atoms with Gasteiger partial charge in [0.05, 0.1) is 39.2 Å². The summed E-state index contributed by atoms with van der Waals surface area (Å²) in [5.74, 6) is -22.1. The Labute approximate surface area is 506 Å². The summed E-state index contributed by atoms with van der Waals surface area (Å²) in [7, 11) is 0. The number of ether oxygens (including phenoxy) is 1. The van der Waals surface area contributed by atoms with E-state index < -0.39 is 98.2 Å². The van der Waals surface area contributed by atoms with Crippen LogP contribution in [0.5, 0.6) is 11.5 Å². The van der Waals surface area contributed by atoms with Crippen molar-refractivity contribution >= 4 is 44.6 Å². The van der Waals surface area contributed by atoms with E-state index in [0.29, 0.717) is 34.3 Å². The Kier molecular flexibility index (Phi) is 14.3. The molecule has 89 heavy (non-hydrogen) atoms. The van der Waals surface area contributed by atoms with E-state index in [2.05, 4.69) is 37.5 Å². The molecule has 3 heterocycles. The summed E-state index contributed by atoms with van der Waals surface area (Å²) in [6.45, 7) is 10.7. The fourth-order valence-corrected chi connectivity index (χ4v) is 11.8. The monoisotopic (exact) mass is 1200 g/mol. The molecule has 0 bridgehead atoms. The quantitative estimate of drug-likeness (QED) is 0.0776. The molecule has 0 radical (unpaired) electrons. The van der Waals surface area contributed by atoms with Crippen molar-refractivity contribution in [2.24, 2.45) is 0 Å². The molecule has 0 saturated carbocycles. The van der Waals surface area contributed by atoms with Crippen LogP contribution in [0.3, 0.4) is 0 Å². The first-order valence-corrected chi connectivity index (χ1v) is 28.5. The molecule has 15 heteroatoms. The second-order valence-corrected chi connectivity index (χ2v) is 24.1. The van der Waals surface area contributed by atoms with Crippen LogP contribution >= 0.6 is 0 Å². The third-order valence-corrected chi connectivity index (χ3v) is 16.4. The summed E-state index contributed by atoms with van der Waals surface area (Å²) < 4.78 is 168. The van der Waals surface area contributed by atoms with Crippen molar-refractivity contribution in [2.75, 3.05) is 16.5 Å². The molecule has 1 aliphatic heterocycles. The minimum atomic E-state index is -2.48. The first-order valence-electron chi connectivity index (χ1n) is 28.5. The number of fused-ring (bicyclic) bond motifs is 4. The van der Waals surface area contributed by atoms with E-state index in [-0.39, 0.29) is 16.7 Å². The largest absolute Gasteiger partial charge is 0.457 e. The van der Waals surface area contributed by atoms with Gasteiger partial charge in [0.1, 0.15) is 24.0 Å². The van der Waals surface area contributed by atoms with Crippen molar-refractivity contribution in [1.82, 2.24) is 9.55 Å². The Morgan fingerprint density at radius 1 is 0.371 bits per heavy atom. The molecule has 0 saturated heterocycles. The van der Waals surface area contributed by atoms with Crippen LogP contribution in [0.4, 0.5) is 66.7 Å². The number of hydrogen-bond donors (Lipinski definition) is 0. The number of halogens is 10. The highest BCUT2D eigenvalue weighted by atomic mass is 19.2. The highest BCUT2D eigenvalue weighted by molar-refractivity contribution is 6.09. The predicted octanol–water partition coefficient (Wildman–Crippen LogP) is 21.5. The molecule has 13 rings (SSSR count). The van der Waals surface area contributed by atoms with Gasteiger partial charge in [-0.3, -0.25) is 4.57 Å². The maximum Gasteiger partial charge on any atom is 0.200 e. The Morgan fingerprint density at radius 2 is 0.831 bits per heavy atom. The smallest absolute Gasteiger partial charge is 0.200 e. The van der Waals surface area contributed by atoms with Gasteiger partial charge in [-0.05, 0) is 140 Å². The van der Waals surface area contributed by atoms with E-state index in [9.17, 15) is 8.78 Å². The van der Waals surface area contributed by atoms with Gasteiger partial charge in [-0.25, -0.2) is 48.9 Å². The van der Waals surface area contributed by atoms with Crippen LogP contribution in [-0.4, -0.2) is 16.2 Å². The summed E-state index contributed by atoms with van der Waals surface area (Å²) in [5, 5.41) is 1.90. The van der Waals surface area contributed by atoms with E-state index in [1.165, 1.54) is 11.0 Å². The summed E-state index contributed by atoms with van der Waals surface area (Å²) in [6.07, 6.45) is 1.79. The highest BCUT2D eigenvalue weighted by Gasteiger charge is 2.39. The number of hydrogen-bond acceptors (Lipinski definition) is 4. The highest BCUT2D eigenvalue weighted by Crippen LogP contribution is 2.54. The lowest BCUT2D eigenvalue weighted by Gasteiger charge is -2.30. The molecule has 2 aromatic heterocycles. The molecule has 0 fully saturated rings. The number of para-hydroxylation sites is 3. The van der Waals surface area contributed by atoms with Gasteiger partial charge in [0.25, 0.3) is 0 Å². The number of benzene rings is 10. The number of pyridine rings is 1. The van der Waals surface area contributed by atoms with Gasteiger partial charge in [-0.15, -0.1) is 0 Å². The van der Waals surface area contributed by atoms with Gasteiger partial charge in [0.2, 0.25) is 11.6 Å². The Balaban J connectivity index is 1.05. The number of rotatable bonds is 10. The van der Waals surface area contributed by atoms with Crippen molar-refractivity contribution in [3.8, 4) is 73.0 Å². The first kappa shape index (κ1) is 57.9. The van der Waals surface area contributed by atoms with Gasteiger partial charge >= 0.3 is 0 Å². The second-order valence-electron chi connectivity index (χ2n) is 24.1. The van der Waals surface area contributed by atoms with E-state index in [0.717, 1.165) is 67.3 Å². The standard InChI is InChI=1S/C74H52F10N4O/c1-73(2,3)46-27-28-85-59(36-46)88-55-22-14-13-21-51(55)52-26-25-49(38-58(52)88)89-50-33-45(44-30-42(40-17-9-7-10-18-40)29-43(31-44)41-19-11-8-12-20-41)32-48(37-50)86-39-87(57-24-16-15-23-56(57)86)72-53(60-62(75)66(79)70(83)67(80)63(60)76)34-47(74(4,5)6)35-54(72)61-64(77)68(81)71(84)69(82)65(61)78/h7-38H,39H2,1-6H3. The van der Waals surface area contributed by atoms with Gasteiger partial charge in [0, 0.05) is 45.9 Å². The summed E-state index contributed by atoms with van der Waals surface area (Å²) in [6, 6.07) is 57.6. The zero-order valence-corrected chi connectivity index (χ0v) is 48.7. The second kappa shape index (κ2) is 21.9. The maximum absolute atomic E-state index is 16.6. The summed E-state index contributed by atoms with van der Waals surface area (Å²) in [4.78, 5) is 7.87. The lowest BCUT2D eigenvalue weighted by atomic mass is 9.81. The molecule has 5 nitrogen and oxygen atoms in total. The number of aromatic nitrogens is 2. The molecule has 0 atom stereocenters. The number of nitrogens with zero attached hydrogens (tertiary/aromatic N) is 4. The SMILES string of the molecule is CC(C)(C)c1ccnc(-n2c3ccccc3c3ccc(Oc4cc(-c5cc(-c6ccccc6)cc(-c6ccccc6)c5)cc(N5CN(c6c(-c7c(F)c(F)c(F)c(F)c7F)cc(C(C)(C)C)cc6-c6c(F)c(F)c(F)c(F)c6F)c6ccccc65)c4)cc32)c1. The van der Waals surface area contributed by atoms with Crippen LogP contribution in [0, 0.1) is 58.2 Å². The summed E-state index contributed by atoms with van der Waals surface area (Å²) in [5.41, 5.74) is 1.87. The zero-order chi connectivity index (χ0) is 62.5. The molecule has 10 aromatic carbocycles. The fourth-order valence-electron chi connectivity index (χ4n) is 11.8.